The van der Waals surface area contributed by atoms with Crippen LogP contribution in [-0.4, -0.2) is 22.0 Å². The minimum absolute atomic E-state index is 0.108. The first kappa shape index (κ1) is 13.9. The van der Waals surface area contributed by atoms with E-state index in [0.717, 1.165) is 43.0 Å². The van der Waals surface area contributed by atoms with Crippen molar-refractivity contribution in [2.45, 2.75) is 39.7 Å². The molecular formula is C16H21N3O2. The van der Waals surface area contributed by atoms with E-state index < -0.39 is 0 Å². The number of aryl methyl sites for hydroxylation is 3. The first-order chi connectivity index (χ1) is 10.2. The second-order valence-electron chi connectivity index (χ2n) is 5.69. The van der Waals surface area contributed by atoms with E-state index in [9.17, 15) is 4.79 Å². The molecule has 3 heterocycles. The summed E-state index contributed by atoms with van der Waals surface area (Å²) in [6, 6.07) is 1.94. The summed E-state index contributed by atoms with van der Waals surface area (Å²) in [5.74, 6) is 2.80. The van der Waals surface area contributed by atoms with E-state index in [2.05, 4.69) is 14.9 Å². The van der Waals surface area contributed by atoms with Gasteiger partial charge in [-0.15, -0.1) is 0 Å². The number of hydrogen-bond donors (Lipinski definition) is 1. The van der Waals surface area contributed by atoms with Crippen molar-refractivity contribution in [3.63, 3.8) is 0 Å². The van der Waals surface area contributed by atoms with Gasteiger partial charge in [-0.2, -0.15) is 0 Å². The molecule has 0 saturated carbocycles. The predicted molar refractivity (Wildman–Crippen MR) is 79.2 cm³/mol. The van der Waals surface area contributed by atoms with Crippen molar-refractivity contribution in [2.75, 3.05) is 6.54 Å². The van der Waals surface area contributed by atoms with Crippen molar-refractivity contribution in [1.29, 1.82) is 0 Å². The number of aromatic nitrogens is 2. The molecule has 0 saturated heterocycles. The van der Waals surface area contributed by atoms with Crippen LogP contribution in [0.15, 0.2) is 22.9 Å². The molecule has 0 radical (unpaired) electrons. The third-order valence-electron chi connectivity index (χ3n) is 4.11. The number of fused-ring (bicyclic) bond motifs is 1. The van der Waals surface area contributed by atoms with E-state index in [1.165, 1.54) is 0 Å². The zero-order valence-corrected chi connectivity index (χ0v) is 12.6. The second-order valence-corrected chi connectivity index (χ2v) is 5.69. The summed E-state index contributed by atoms with van der Waals surface area (Å²) < 4.78 is 7.76. The lowest BCUT2D eigenvalue weighted by Crippen LogP contribution is -2.33. The third-order valence-corrected chi connectivity index (χ3v) is 4.11. The number of furan rings is 1. The lowest BCUT2D eigenvalue weighted by Gasteiger charge is -2.23. The van der Waals surface area contributed by atoms with E-state index in [-0.39, 0.29) is 5.91 Å². The number of imidazole rings is 1. The molecule has 5 nitrogen and oxygen atoms in total. The summed E-state index contributed by atoms with van der Waals surface area (Å²) in [6.45, 7) is 5.53. The van der Waals surface area contributed by atoms with Crippen LogP contribution >= 0.6 is 0 Å². The van der Waals surface area contributed by atoms with E-state index >= 15 is 0 Å². The summed E-state index contributed by atoms with van der Waals surface area (Å²) in [5, 5.41) is 3.00. The Morgan fingerprint density at radius 1 is 1.57 bits per heavy atom. The fourth-order valence-electron chi connectivity index (χ4n) is 2.87. The van der Waals surface area contributed by atoms with Crippen molar-refractivity contribution in [2.24, 2.45) is 5.92 Å². The summed E-state index contributed by atoms with van der Waals surface area (Å²) in [6.07, 6.45) is 6.70. The highest BCUT2D eigenvalue weighted by molar-refractivity contribution is 5.92. The molecule has 1 atom stereocenters. The smallest absolute Gasteiger partial charge is 0.287 e. The number of hydrogen-bond acceptors (Lipinski definition) is 3. The molecule has 0 spiro atoms. The lowest BCUT2D eigenvalue weighted by atomic mass is 9.99. The summed E-state index contributed by atoms with van der Waals surface area (Å²) in [5.41, 5.74) is 0.907. The van der Waals surface area contributed by atoms with Gasteiger partial charge in [0, 0.05) is 43.9 Å². The van der Waals surface area contributed by atoms with Gasteiger partial charge in [-0.25, -0.2) is 4.98 Å². The van der Waals surface area contributed by atoms with Crippen LogP contribution in [0.2, 0.25) is 0 Å². The Hall–Kier alpha value is -2.04. The third kappa shape index (κ3) is 2.86. The van der Waals surface area contributed by atoms with Crippen LogP contribution in [0.1, 0.15) is 41.0 Å². The van der Waals surface area contributed by atoms with E-state index in [4.69, 9.17) is 4.42 Å². The van der Waals surface area contributed by atoms with Crippen molar-refractivity contribution < 1.29 is 9.21 Å². The first-order valence-electron chi connectivity index (χ1n) is 7.55. The maximum absolute atomic E-state index is 12.2. The van der Waals surface area contributed by atoms with Gasteiger partial charge in [0.2, 0.25) is 0 Å². The largest absolute Gasteiger partial charge is 0.456 e. The number of rotatable bonds is 4. The Bertz CT molecular complexity index is 642. The fourth-order valence-corrected chi connectivity index (χ4v) is 2.87. The highest BCUT2D eigenvalue weighted by Crippen LogP contribution is 2.19. The molecule has 0 bridgehead atoms. The standard InChI is InChI=1S/C16H21N3O2/c1-3-13-8-11(2)15(21-13)16(20)18-9-12-4-5-14-17-6-7-19(14)10-12/h6-8,12H,3-5,9-10H2,1-2H3,(H,18,20). The van der Waals surface area contributed by atoms with Gasteiger partial charge in [-0.3, -0.25) is 4.79 Å². The maximum atomic E-state index is 12.2. The van der Waals surface area contributed by atoms with Crippen LogP contribution in [0.3, 0.4) is 0 Å². The molecule has 3 rings (SSSR count). The Labute approximate surface area is 124 Å². The number of carbonyl (C=O) groups is 1. The molecule has 1 N–H and O–H groups in total. The number of nitrogens with zero attached hydrogens (tertiary/aromatic N) is 2. The Balaban J connectivity index is 1.58. The van der Waals surface area contributed by atoms with Crippen LogP contribution in [0, 0.1) is 12.8 Å². The van der Waals surface area contributed by atoms with Crippen molar-refractivity contribution in [1.82, 2.24) is 14.9 Å². The monoisotopic (exact) mass is 287 g/mol. The zero-order chi connectivity index (χ0) is 14.8. The van der Waals surface area contributed by atoms with Gasteiger partial charge in [-0.05, 0) is 25.3 Å². The minimum Gasteiger partial charge on any atom is -0.456 e. The fraction of sp³-hybridized carbons (Fsp3) is 0.500. The normalized spacial score (nSPS) is 17.5. The first-order valence-corrected chi connectivity index (χ1v) is 7.55. The van der Waals surface area contributed by atoms with Gasteiger partial charge in [0.15, 0.2) is 5.76 Å². The Morgan fingerprint density at radius 3 is 3.19 bits per heavy atom. The van der Waals surface area contributed by atoms with Crippen LogP contribution in [0.25, 0.3) is 0 Å². The molecule has 21 heavy (non-hydrogen) atoms. The minimum atomic E-state index is -0.108. The van der Waals surface area contributed by atoms with Crippen molar-refractivity contribution in [3.8, 4) is 0 Å². The number of amides is 1. The Morgan fingerprint density at radius 2 is 2.43 bits per heavy atom. The van der Waals surface area contributed by atoms with Gasteiger partial charge in [0.1, 0.15) is 11.6 Å². The van der Waals surface area contributed by atoms with Crippen LogP contribution < -0.4 is 5.32 Å². The molecule has 1 unspecified atom stereocenters. The highest BCUT2D eigenvalue weighted by Gasteiger charge is 2.21. The van der Waals surface area contributed by atoms with Gasteiger partial charge in [0.25, 0.3) is 5.91 Å². The molecule has 0 fully saturated rings. The molecule has 5 heteroatoms. The lowest BCUT2D eigenvalue weighted by molar-refractivity contribution is 0.0913. The summed E-state index contributed by atoms with van der Waals surface area (Å²) >= 11 is 0. The molecular weight excluding hydrogens is 266 g/mol. The molecule has 1 amide bonds. The number of carbonyl (C=O) groups excluding carboxylic acids is 1. The zero-order valence-electron chi connectivity index (χ0n) is 12.6. The quantitative estimate of drug-likeness (QED) is 0.939. The van der Waals surface area contributed by atoms with E-state index in [1.54, 1.807) is 0 Å². The average molecular weight is 287 g/mol. The van der Waals surface area contributed by atoms with Crippen LogP contribution in [-0.2, 0) is 19.4 Å². The van der Waals surface area contributed by atoms with Gasteiger partial charge in [0.05, 0.1) is 0 Å². The molecule has 0 aromatic carbocycles. The molecule has 2 aromatic heterocycles. The van der Waals surface area contributed by atoms with Crippen LogP contribution in [0.4, 0.5) is 0 Å². The van der Waals surface area contributed by atoms with E-state index in [1.807, 2.05) is 32.3 Å². The van der Waals surface area contributed by atoms with Gasteiger partial charge >= 0.3 is 0 Å². The summed E-state index contributed by atoms with van der Waals surface area (Å²) in [7, 11) is 0. The van der Waals surface area contributed by atoms with E-state index in [0.29, 0.717) is 18.2 Å². The molecule has 112 valence electrons. The average Bonchev–Trinajstić information content (AvgIpc) is 3.10. The SMILES string of the molecule is CCc1cc(C)c(C(=O)NCC2CCc3nccn3C2)o1. The number of nitrogens with one attached hydrogen (secondary N) is 1. The molecule has 1 aliphatic rings. The summed E-state index contributed by atoms with van der Waals surface area (Å²) in [4.78, 5) is 16.5. The van der Waals surface area contributed by atoms with Crippen molar-refractivity contribution >= 4 is 5.91 Å². The van der Waals surface area contributed by atoms with Gasteiger partial charge in [-0.1, -0.05) is 6.92 Å². The topological polar surface area (TPSA) is 60.1 Å². The highest BCUT2D eigenvalue weighted by atomic mass is 16.4. The molecule has 0 aliphatic carbocycles. The molecule has 1 aliphatic heterocycles. The maximum Gasteiger partial charge on any atom is 0.287 e. The Kier molecular flexibility index (Phi) is 3.82. The molecule has 2 aromatic rings. The van der Waals surface area contributed by atoms with Gasteiger partial charge < -0.3 is 14.3 Å². The second kappa shape index (κ2) is 5.76. The predicted octanol–water partition coefficient (Wildman–Crippen LogP) is 2.34. The van der Waals surface area contributed by atoms with Crippen LogP contribution in [0.5, 0.6) is 0 Å². The van der Waals surface area contributed by atoms with Crippen molar-refractivity contribution in [3.05, 3.63) is 41.4 Å².